The van der Waals surface area contributed by atoms with Crippen molar-refractivity contribution in [1.29, 1.82) is 0 Å². The number of hydrogen-bond acceptors (Lipinski definition) is 1. The molecular weight excluding hydrogens is 233 g/mol. The van der Waals surface area contributed by atoms with Gasteiger partial charge in [0.25, 0.3) is 5.91 Å². The van der Waals surface area contributed by atoms with E-state index in [0.29, 0.717) is 28.6 Å². The van der Waals surface area contributed by atoms with Crippen LogP contribution in [0.1, 0.15) is 6.42 Å². The number of rotatable bonds is 1. The second kappa shape index (κ2) is 3.87. The maximum absolute atomic E-state index is 11.7. The van der Waals surface area contributed by atoms with Crippen LogP contribution in [0, 0.1) is 0 Å². The van der Waals surface area contributed by atoms with Crippen molar-refractivity contribution in [2.24, 2.45) is 0 Å². The Bertz CT molecular complexity index is 442. The molecule has 1 saturated heterocycles. The second-order valence-corrected chi connectivity index (χ2v) is 4.22. The molecule has 1 aliphatic heterocycles. The van der Waals surface area contributed by atoms with Crippen molar-refractivity contribution in [3.63, 3.8) is 0 Å². The van der Waals surface area contributed by atoms with Gasteiger partial charge in [0.1, 0.15) is 0 Å². The van der Waals surface area contributed by atoms with Gasteiger partial charge < -0.3 is 4.90 Å². The summed E-state index contributed by atoms with van der Waals surface area (Å²) < 4.78 is 0. The lowest BCUT2D eigenvalue weighted by Crippen LogP contribution is -2.24. The van der Waals surface area contributed by atoms with Gasteiger partial charge in [-0.15, -0.1) is 0 Å². The van der Waals surface area contributed by atoms with E-state index in [4.69, 9.17) is 23.2 Å². The largest absolute Gasteiger partial charge is 0.308 e. The van der Waals surface area contributed by atoms with E-state index in [-0.39, 0.29) is 5.91 Å². The molecule has 4 heteroatoms. The van der Waals surface area contributed by atoms with Gasteiger partial charge in [0.05, 0.1) is 10.0 Å². The first kappa shape index (κ1) is 10.5. The van der Waals surface area contributed by atoms with Crippen LogP contribution < -0.4 is 4.90 Å². The molecule has 0 aliphatic carbocycles. The molecule has 15 heavy (non-hydrogen) atoms. The van der Waals surface area contributed by atoms with Crippen LogP contribution in [0.4, 0.5) is 5.69 Å². The molecule has 0 unspecified atom stereocenters. The average molecular weight is 242 g/mol. The summed E-state index contributed by atoms with van der Waals surface area (Å²) >= 11 is 11.7. The molecule has 1 heterocycles. The highest BCUT2D eigenvalue weighted by Crippen LogP contribution is 2.30. The van der Waals surface area contributed by atoms with Gasteiger partial charge in [0, 0.05) is 17.8 Å². The predicted molar refractivity (Wildman–Crippen MR) is 62.6 cm³/mol. The summed E-state index contributed by atoms with van der Waals surface area (Å²) in [7, 11) is 0. The minimum atomic E-state index is -0.0339. The number of carbonyl (C=O) groups excluding carboxylic acids is 1. The summed E-state index contributed by atoms with van der Waals surface area (Å²) in [5.74, 6) is -0.0339. The van der Waals surface area contributed by atoms with Crippen LogP contribution in [0.25, 0.3) is 0 Å². The van der Waals surface area contributed by atoms with Gasteiger partial charge in [-0.1, -0.05) is 29.8 Å². The Morgan fingerprint density at radius 2 is 2.00 bits per heavy atom. The van der Waals surface area contributed by atoms with Gasteiger partial charge in [0.2, 0.25) is 0 Å². The van der Waals surface area contributed by atoms with Crippen molar-refractivity contribution in [2.75, 3.05) is 11.4 Å². The van der Waals surface area contributed by atoms with Crippen LogP contribution >= 0.6 is 23.2 Å². The van der Waals surface area contributed by atoms with E-state index in [1.54, 1.807) is 23.1 Å². The standard InChI is InChI=1S/C11H9Cl2NO/c1-7-4-5-14(11(7)15)8-2-3-9(12)10(13)6-8/h2-3,6H,1,4-5H2. The number of benzene rings is 1. The van der Waals surface area contributed by atoms with E-state index in [9.17, 15) is 4.79 Å². The molecule has 0 atom stereocenters. The van der Waals surface area contributed by atoms with Crippen molar-refractivity contribution < 1.29 is 4.79 Å². The lowest BCUT2D eigenvalue weighted by atomic mass is 10.3. The third kappa shape index (κ3) is 1.87. The highest BCUT2D eigenvalue weighted by atomic mass is 35.5. The van der Waals surface area contributed by atoms with Crippen molar-refractivity contribution in [3.8, 4) is 0 Å². The minimum absolute atomic E-state index is 0.0339. The summed E-state index contributed by atoms with van der Waals surface area (Å²) in [6.07, 6.45) is 0.707. The normalized spacial score (nSPS) is 16.3. The Morgan fingerprint density at radius 3 is 2.53 bits per heavy atom. The fourth-order valence-electron chi connectivity index (χ4n) is 1.55. The highest BCUT2D eigenvalue weighted by molar-refractivity contribution is 6.42. The van der Waals surface area contributed by atoms with Crippen molar-refractivity contribution in [1.82, 2.24) is 0 Å². The molecule has 1 aromatic carbocycles. The Balaban J connectivity index is 2.34. The van der Waals surface area contributed by atoms with Crippen molar-refractivity contribution in [2.45, 2.75) is 6.42 Å². The molecular formula is C11H9Cl2NO. The molecule has 1 aliphatic rings. The first-order chi connectivity index (χ1) is 7.09. The summed E-state index contributed by atoms with van der Waals surface area (Å²) in [4.78, 5) is 13.3. The van der Waals surface area contributed by atoms with Crippen LogP contribution in [0.3, 0.4) is 0 Å². The molecule has 2 nitrogen and oxygen atoms in total. The van der Waals surface area contributed by atoms with Crippen LogP contribution in [-0.2, 0) is 4.79 Å². The lowest BCUT2D eigenvalue weighted by Gasteiger charge is -2.15. The number of halogens is 2. The molecule has 78 valence electrons. The third-order valence-corrected chi connectivity index (χ3v) is 3.14. The monoisotopic (exact) mass is 241 g/mol. The first-order valence-electron chi connectivity index (χ1n) is 4.54. The summed E-state index contributed by atoms with van der Waals surface area (Å²) in [6.45, 7) is 4.36. The van der Waals surface area contributed by atoms with Crippen LogP contribution in [0.15, 0.2) is 30.4 Å². The second-order valence-electron chi connectivity index (χ2n) is 3.41. The highest BCUT2D eigenvalue weighted by Gasteiger charge is 2.25. The number of carbonyl (C=O) groups is 1. The molecule has 0 radical (unpaired) electrons. The Labute approximate surface area is 98.1 Å². The SMILES string of the molecule is C=C1CCN(c2ccc(Cl)c(Cl)c2)C1=O. The minimum Gasteiger partial charge on any atom is -0.308 e. The molecule has 1 fully saturated rings. The summed E-state index contributed by atoms with van der Waals surface area (Å²) in [5.41, 5.74) is 1.41. The van der Waals surface area contributed by atoms with Gasteiger partial charge >= 0.3 is 0 Å². The van der Waals surface area contributed by atoms with Crippen LogP contribution in [-0.4, -0.2) is 12.5 Å². The number of nitrogens with zero attached hydrogens (tertiary/aromatic N) is 1. The molecule has 1 amide bonds. The fourth-order valence-corrected chi connectivity index (χ4v) is 1.84. The van der Waals surface area contributed by atoms with Crippen LogP contribution in [0.5, 0.6) is 0 Å². The number of amides is 1. The molecule has 0 saturated carbocycles. The van der Waals surface area contributed by atoms with Crippen molar-refractivity contribution >= 4 is 34.8 Å². The van der Waals surface area contributed by atoms with E-state index in [0.717, 1.165) is 5.69 Å². The van der Waals surface area contributed by atoms with Gasteiger partial charge in [-0.25, -0.2) is 0 Å². The zero-order chi connectivity index (χ0) is 11.0. The number of hydrogen-bond donors (Lipinski definition) is 0. The zero-order valence-electron chi connectivity index (χ0n) is 7.96. The van der Waals surface area contributed by atoms with E-state index < -0.39 is 0 Å². The molecule has 0 spiro atoms. The van der Waals surface area contributed by atoms with Gasteiger partial charge in [0.15, 0.2) is 0 Å². The Morgan fingerprint density at radius 1 is 1.27 bits per heavy atom. The third-order valence-electron chi connectivity index (χ3n) is 2.40. The number of anilines is 1. The lowest BCUT2D eigenvalue weighted by molar-refractivity contribution is -0.114. The van der Waals surface area contributed by atoms with Gasteiger partial charge in [-0.05, 0) is 24.6 Å². The van der Waals surface area contributed by atoms with Crippen LogP contribution in [0.2, 0.25) is 10.0 Å². The quantitative estimate of drug-likeness (QED) is 0.692. The predicted octanol–water partition coefficient (Wildman–Crippen LogP) is 3.29. The van der Waals surface area contributed by atoms with Gasteiger partial charge in [-0.2, -0.15) is 0 Å². The first-order valence-corrected chi connectivity index (χ1v) is 5.30. The Kier molecular flexibility index (Phi) is 2.72. The smallest absolute Gasteiger partial charge is 0.253 e. The van der Waals surface area contributed by atoms with E-state index in [1.165, 1.54) is 0 Å². The molecule has 0 aromatic heterocycles. The maximum atomic E-state index is 11.7. The molecule has 0 bridgehead atoms. The molecule has 1 aromatic rings. The molecule has 2 rings (SSSR count). The van der Waals surface area contributed by atoms with E-state index in [1.807, 2.05) is 0 Å². The Hall–Kier alpha value is -0.990. The summed E-state index contributed by atoms with van der Waals surface area (Å²) in [5, 5.41) is 0.949. The van der Waals surface area contributed by atoms with Gasteiger partial charge in [-0.3, -0.25) is 4.79 Å². The average Bonchev–Trinajstić information content (AvgIpc) is 2.53. The summed E-state index contributed by atoms with van der Waals surface area (Å²) in [6, 6.07) is 5.17. The fraction of sp³-hybridized carbons (Fsp3) is 0.182. The zero-order valence-corrected chi connectivity index (χ0v) is 9.48. The topological polar surface area (TPSA) is 20.3 Å². The molecule has 0 N–H and O–H groups in total. The van der Waals surface area contributed by atoms with Crippen molar-refractivity contribution in [3.05, 3.63) is 40.4 Å². The maximum Gasteiger partial charge on any atom is 0.253 e. The van der Waals surface area contributed by atoms with E-state index >= 15 is 0 Å². The van der Waals surface area contributed by atoms with E-state index in [2.05, 4.69) is 6.58 Å².